The molecular weight excluding hydrogens is 176 g/mol. The van der Waals surface area contributed by atoms with Gasteiger partial charge in [0.15, 0.2) is 5.76 Å². The van der Waals surface area contributed by atoms with Crippen LogP contribution in [0, 0.1) is 12.3 Å². The van der Waals surface area contributed by atoms with Crippen LogP contribution in [-0.4, -0.2) is 5.97 Å². The molecule has 0 aromatic rings. The third kappa shape index (κ3) is 4.71. The summed E-state index contributed by atoms with van der Waals surface area (Å²) in [5, 5.41) is 0. The third-order valence-electron chi connectivity index (χ3n) is 1.81. The van der Waals surface area contributed by atoms with Gasteiger partial charge >= 0.3 is 5.97 Å². The number of ether oxygens (including phenoxy) is 1. The van der Waals surface area contributed by atoms with E-state index in [1.54, 1.807) is 0 Å². The Labute approximate surface area is 86.3 Å². The number of rotatable bonds is 5. The smallest absolute Gasteiger partial charge is 0.311 e. The number of terminal acetylenes is 1. The number of carbonyl (C=O) groups is 1. The second-order valence-corrected chi connectivity index (χ2v) is 3.23. The maximum atomic E-state index is 11.2. The van der Waals surface area contributed by atoms with Crippen LogP contribution in [0.25, 0.3) is 0 Å². The summed E-state index contributed by atoms with van der Waals surface area (Å²) in [6, 6.07) is 0. The Bertz CT molecular complexity index is 256. The minimum Gasteiger partial charge on any atom is -0.417 e. The van der Waals surface area contributed by atoms with E-state index >= 15 is 0 Å². The van der Waals surface area contributed by atoms with Crippen molar-refractivity contribution in [2.45, 2.75) is 46.5 Å². The normalized spacial score (nSPS) is 11.6. The van der Waals surface area contributed by atoms with Gasteiger partial charge in [0, 0.05) is 6.42 Å². The number of esters is 1. The SMILES string of the molecule is C#CC(OC(=O)CCC)=C(C)CCC. The topological polar surface area (TPSA) is 26.3 Å². The second kappa shape index (κ2) is 7.20. The van der Waals surface area contributed by atoms with E-state index in [0.717, 1.165) is 24.8 Å². The lowest BCUT2D eigenvalue weighted by molar-refractivity contribution is -0.139. The maximum absolute atomic E-state index is 11.2. The molecule has 14 heavy (non-hydrogen) atoms. The van der Waals surface area contributed by atoms with E-state index in [1.807, 2.05) is 13.8 Å². The Balaban J connectivity index is 4.36. The fourth-order valence-corrected chi connectivity index (χ4v) is 1.10. The van der Waals surface area contributed by atoms with Crippen molar-refractivity contribution in [1.82, 2.24) is 0 Å². The maximum Gasteiger partial charge on any atom is 0.311 e. The molecule has 0 saturated carbocycles. The molecule has 0 spiro atoms. The number of hydrogen-bond acceptors (Lipinski definition) is 2. The molecule has 0 aliphatic carbocycles. The van der Waals surface area contributed by atoms with Crippen LogP contribution in [0.2, 0.25) is 0 Å². The first-order chi connectivity index (χ1) is 6.65. The minimum absolute atomic E-state index is 0.240. The fourth-order valence-electron chi connectivity index (χ4n) is 1.10. The van der Waals surface area contributed by atoms with Crippen molar-refractivity contribution in [3.63, 3.8) is 0 Å². The lowest BCUT2D eigenvalue weighted by atomic mass is 10.1. The highest BCUT2D eigenvalue weighted by Gasteiger charge is 2.06. The Kier molecular flexibility index (Phi) is 6.57. The van der Waals surface area contributed by atoms with Gasteiger partial charge in [-0.3, -0.25) is 4.79 Å². The predicted octanol–water partition coefficient (Wildman–Crippen LogP) is 3.04. The Hall–Kier alpha value is -1.23. The van der Waals surface area contributed by atoms with Gasteiger partial charge < -0.3 is 4.74 Å². The molecular formula is C12H18O2. The summed E-state index contributed by atoms with van der Waals surface area (Å²) in [5.41, 5.74) is 0.972. The summed E-state index contributed by atoms with van der Waals surface area (Å²) < 4.78 is 5.06. The molecule has 0 saturated heterocycles. The van der Waals surface area contributed by atoms with E-state index in [1.165, 1.54) is 0 Å². The average molecular weight is 194 g/mol. The highest BCUT2D eigenvalue weighted by atomic mass is 16.5. The van der Waals surface area contributed by atoms with Crippen LogP contribution in [0.15, 0.2) is 11.3 Å². The molecule has 0 aliphatic rings. The van der Waals surface area contributed by atoms with Crippen LogP contribution in [0.5, 0.6) is 0 Å². The van der Waals surface area contributed by atoms with Crippen molar-refractivity contribution in [2.24, 2.45) is 0 Å². The van der Waals surface area contributed by atoms with Gasteiger partial charge in [-0.1, -0.05) is 20.3 Å². The summed E-state index contributed by atoms with van der Waals surface area (Å²) in [7, 11) is 0. The molecule has 0 rings (SSSR count). The minimum atomic E-state index is -0.240. The summed E-state index contributed by atoms with van der Waals surface area (Å²) in [6.07, 6.45) is 8.34. The number of allylic oxidation sites excluding steroid dienone is 2. The number of hydrogen-bond donors (Lipinski definition) is 0. The molecule has 0 aromatic heterocycles. The van der Waals surface area contributed by atoms with E-state index in [0.29, 0.717) is 12.2 Å². The monoisotopic (exact) mass is 194 g/mol. The molecule has 2 nitrogen and oxygen atoms in total. The lowest BCUT2D eigenvalue weighted by Gasteiger charge is -2.06. The molecule has 0 fully saturated rings. The highest BCUT2D eigenvalue weighted by Crippen LogP contribution is 2.12. The zero-order valence-corrected chi connectivity index (χ0v) is 9.22. The van der Waals surface area contributed by atoms with Crippen molar-refractivity contribution in [2.75, 3.05) is 0 Å². The molecule has 0 atom stereocenters. The molecule has 78 valence electrons. The van der Waals surface area contributed by atoms with Crippen LogP contribution in [0.4, 0.5) is 0 Å². The molecule has 0 aliphatic heterocycles. The van der Waals surface area contributed by atoms with Gasteiger partial charge in [0.1, 0.15) is 0 Å². The van der Waals surface area contributed by atoms with Crippen molar-refractivity contribution in [1.29, 1.82) is 0 Å². The molecule has 0 aromatic carbocycles. The van der Waals surface area contributed by atoms with Crippen LogP contribution in [0.1, 0.15) is 46.5 Å². The van der Waals surface area contributed by atoms with E-state index < -0.39 is 0 Å². The molecule has 0 amide bonds. The second-order valence-electron chi connectivity index (χ2n) is 3.23. The number of carbonyl (C=O) groups excluding carboxylic acids is 1. The zero-order valence-electron chi connectivity index (χ0n) is 9.22. The van der Waals surface area contributed by atoms with Crippen LogP contribution in [0.3, 0.4) is 0 Å². The summed E-state index contributed by atoms with van der Waals surface area (Å²) in [4.78, 5) is 11.2. The van der Waals surface area contributed by atoms with Gasteiger partial charge in [0.25, 0.3) is 0 Å². The highest BCUT2D eigenvalue weighted by molar-refractivity contribution is 5.71. The largest absolute Gasteiger partial charge is 0.417 e. The molecule has 0 N–H and O–H groups in total. The van der Waals surface area contributed by atoms with Gasteiger partial charge in [-0.2, -0.15) is 0 Å². The Morgan fingerprint density at radius 1 is 1.29 bits per heavy atom. The molecule has 0 radical (unpaired) electrons. The van der Waals surface area contributed by atoms with Crippen molar-refractivity contribution in [3.05, 3.63) is 11.3 Å². The molecule has 2 heteroatoms. The third-order valence-corrected chi connectivity index (χ3v) is 1.81. The zero-order chi connectivity index (χ0) is 11.0. The molecule has 0 heterocycles. The Morgan fingerprint density at radius 2 is 1.86 bits per heavy atom. The van der Waals surface area contributed by atoms with Gasteiger partial charge in [0.05, 0.1) is 0 Å². The molecule has 0 bridgehead atoms. The first-order valence-corrected chi connectivity index (χ1v) is 5.02. The van der Waals surface area contributed by atoms with E-state index in [9.17, 15) is 4.79 Å². The fraction of sp³-hybridized carbons (Fsp3) is 0.583. The first kappa shape index (κ1) is 12.8. The predicted molar refractivity (Wildman–Crippen MR) is 57.4 cm³/mol. The van der Waals surface area contributed by atoms with Gasteiger partial charge in [-0.05, 0) is 31.3 Å². The van der Waals surface area contributed by atoms with E-state index in [2.05, 4.69) is 12.8 Å². The van der Waals surface area contributed by atoms with Gasteiger partial charge in [-0.25, -0.2) is 0 Å². The molecule has 0 unspecified atom stereocenters. The summed E-state index contributed by atoms with van der Waals surface area (Å²) in [6.45, 7) is 5.89. The summed E-state index contributed by atoms with van der Waals surface area (Å²) >= 11 is 0. The Morgan fingerprint density at radius 3 is 2.29 bits per heavy atom. The van der Waals surface area contributed by atoms with E-state index in [-0.39, 0.29) is 5.97 Å². The van der Waals surface area contributed by atoms with Crippen LogP contribution >= 0.6 is 0 Å². The average Bonchev–Trinajstić information content (AvgIpc) is 2.15. The van der Waals surface area contributed by atoms with Crippen molar-refractivity contribution in [3.8, 4) is 12.3 Å². The lowest BCUT2D eigenvalue weighted by Crippen LogP contribution is -2.04. The first-order valence-electron chi connectivity index (χ1n) is 5.02. The van der Waals surface area contributed by atoms with E-state index in [4.69, 9.17) is 11.2 Å². The summed E-state index contributed by atoms with van der Waals surface area (Å²) in [5.74, 6) is 2.57. The van der Waals surface area contributed by atoms with Crippen LogP contribution < -0.4 is 0 Å². The van der Waals surface area contributed by atoms with Crippen LogP contribution in [-0.2, 0) is 9.53 Å². The van der Waals surface area contributed by atoms with Crippen molar-refractivity contribution < 1.29 is 9.53 Å². The van der Waals surface area contributed by atoms with Gasteiger partial charge in [0.2, 0.25) is 0 Å². The van der Waals surface area contributed by atoms with Crippen molar-refractivity contribution >= 4 is 5.97 Å². The standard InChI is InChI=1S/C12H18O2/c1-5-8-10(4)11(7-3)14-12(13)9-6-2/h3H,5-6,8-9H2,1-2,4H3. The van der Waals surface area contributed by atoms with Gasteiger partial charge in [-0.15, -0.1) is 6.42 Å². The quantitative estimate of drug-likeness (QED) is 0.382.